The molecule has 0 saturated carbocycles. The number of carboxylic acids is 1. The zero-order valence-electron chi connectivity index (χ0n) is 11.8. The highest BCUT2D eigenvalue weighted by atomic mass is 32.1. The van der Waals surface area contributed by atoms with Gasteiger partial charge in [0.2, 0.25) is 0 Å². The number of rotatable bonds is 5. The molecule has 1 atom stereocenters. The summed E-state index contributed by atoms with van der Waals surface area (Å²) in [4.78, 5) is 23.8. The van der Waals surface area contributed by atoms with Crippen molar-refractivity contribution in [1.29, 1.82) is 0 Å². The fraction of sp³-hybridized carbons (Fsp3) is 0.571. The van der Waals surface area contributed by atoms with Gasteiger partial charge in [-0.1, -0.05) is 20.8 Å². The first kappa shape index (κ1) is 15.7. The average molecular weight is 283 g/mol. The van der Waals surface area contributed by atoms with Crippen LogP contribution in [0.15, 0.2) is 11.4 Å². The number of carboxylic acid groups (broad SMARTS) is 1. The van der Waals surface area contributed by atoms with E-state index in [1.807, 2.05) is 18.4 Å². The summed E-state index contributed by atoms with van der Waals surface area (Å²) < 4.78 is 0. The van der Waals surface area contributed by atoms with Gasteiger partial charge in [0.25, 0.3) is 5.91 Å². The summed E-state index contributed by atoms with van der Waals surface area (Å²) in [5.41, 5.74) is 0.930. The van der Waals surface area contributed by atoms with Crippen LogP contribution in [0.4, 0.5) is 0 Å². The molecule has 5 heteroatoms. The molecule has 2 N–H and O–H groups in total. The highest BCUT2D eigenvalue weighted by Gasteiger charge is 2.24. The molecular formula is C14H21NO3S. The van der Waals surface area contributed by atoms with Gasteiger partial charge in [-0.2, -0.15) is 0 Å². The highest BCUT2D eigenvalue weighted by molar-refractivity contribution is 7.12. The molecular weight excluding hydrogens is 262 g/mol. The van der Waals surface area contributed by atoms with Crippen molar-refractivity contribution >= 4 is 23.2 Å². The molecule has 106 valence electrons. The Morgan fingerprint density at radius 3 is 2.47 bits per heavy atom. The second kappa shape index (κ2) is 6.19. The molecule has 1 aromatic heterocycles. The smallest absolute Gasteiger partial charge is 0.326 e. The standard InChI is InChI=1S/C14H21NO3S/c1-9-6-8-19-11(9)12(16)15-10(13(17)18)5-7-14(2,3)4/h6,8,10H,5,7H2,1-4H3,(H,15,16)(H,17,18). The number of nitrogens with one attached hydrogen (secondary N) is 1. The summed E-state index contributed by atoms with van der Waals surface area (Å²) in [6, 6.07) is 1.03. The monoisotopic (exact) mass is 283 g/mol. The van der Waals surface area contributed by atoms with Gasteiger partial charge in [0.15, 0.2) is 0 Å². The van der Waals surface area contributed by atoms with Crippen molar-refractivity contribution in [2.45, 2.75) is 46.6 Å². The number of amides is 1. The van der Waals surface area contributed by atoms with Gasteiger partial charge in [0.05, 0.1) is 4.88 Å². The Labute approximate surface area is 117 Å². The predicted octanol–water partition coefficient (Wildman–Crippen LogP) is 3.07. The first-order valence-electron chi connectivity index (χ1n) is 6.28. The molecule has 0 saturated heterocycles. The van der Waals surface area contributed by atoms with E-state index in [0.29, 0.717) is 11.3 Å². The van der Waals surface area contributed by atoms with Gasteiger partial charge in [-0.25, -0.2) is 4.79 Å². The SMILES string of the molecule is Cc1ccsc1C(=O)NC(CCC(C)(C)C)C(=O)O. The molecule has 1 amide bonds. The summed E-state index contributed by atoms with van der Waals surface area (Å²) in [5.74, 6) is -1.28. The molecule has 0 aliphatic rings. The summed E-state index contributed by atoms with van der Waals surface area (Å²) >= 11 is 1.33. The van der Waals surface area contributed by atoms with E-state index in [-0.39, 0.29) is 11.3 Å². The maximum absolute atomic E-state index is 12.0. The van der Waals surface area contributed by atoms with E-state index in [9.17, 15) is 14.7 Å². The molecule has 0 aliphatic carbocycles. The predicted molar refractivity (Wildman–Crippen MR) is 76.6 cm³/mol. The van der Waals surface area contributed by atoms with Crippen LogP contribution >= 0.6 is 11.3 Å². The van der Waals surface area contributed by atoms with Crippen LogP contribution in [0, 0.1) is 12.3 Å². The lowest BCUT2D eigenvalue weighted by atomic mass is 9.88. The van der Waals surface area contributed by atoms with E-state index in [4.69, 9.17) is 0 Å². The maximum Gasteiger partial charge on any atom is 0.326 e. The Kier molecular flexibility index (Phi) is 5.11. The van der Waals surface area contributed by atoms with Crippen LogP contribution < -0.4 is 5.32 Å². The van der Waals surface area contributed by atoms with Crippen LogP contribution in [-0.2, 0) is 4.79 Å². The minimum absolute atomic E-state index is 0.0529. The van der Waals surface area contributed by atoms with Crippen molar-refractivity contribution in [2.24, 2.45) is 5.41 Å². The minimum Gasteiger partial charge on any atom is -0.480 e. The molecule has 0 bridgehead atoms. The summed E-state index contributed by atoms with van der Waals surface area (Å²) in [7, 11) is 0. The average Bonchev–Trinajstić information content (AvgIpc) is 2.68. The van der Waals surface area contributed by atoms with Crippen molar-refractivity contribution in [1.82, 2.24) is 5.32 Å². The molecule has 0 radical (unpaired) electrons. The zero-order chi connectivity index (χ0) is 14.6. The van der Waals surface area contributed by atoms with Crippen molar-refractivity contribution in [3.05, 3.63) is 21.9 Å². The van der Waals surface area contributed by atoms with E-state index in [1.54, 1.807) is 0 Å². The van der Waals surface area contributed by atoms with Crippen molar-refractivity contribution in [3.63, 3.8) is 0 Å². The van der Waals surface area contributed by atoms with E-state index >= 15 is 0 Å². The molecule has 1 heterocycles. The Morgan fingerprint density at radius 2 is 2.05 bits per heavy atom. The molecule has 19 heavy (non-hydrogen) atoms. The summed E-state index contributed by atoms with van der Waals surface area (Å²) in [5, 5.41) is 13.6. The van der Waals surface area contributed by atoms with Crippen molar-refractivity contribution in [3.8, 4) is 0 Å². The lowest BCUT2D eigenvalue weighted by Gasteiger charge is -2.21. The second-order valence-electron chi connectivity index (χ2n) is 5.90. The van der Waals surface area contributed by atoms with Gasteiger partial charge in [0, 0.05) is 0 Å². The number of hydrogen-bond donors (Lipinski definition) is 2. The normalized spacial score (nSPS) is 13.1. The molecule has 0 spiro atoms. The molecule has 1 unspecified atom stereocenters. The molecule has 4 nitrogen and oxygen atoms in total. The van der Waals surface area contributed by atoms with E-state index in [1.165, 1.54) is 11.3 Å². The Morgan fingerprint density at radius 1 is 1.42 bits per heavy atom. The number of carbonyl (C=O) groups excluding carboxylic acids is 1. The number of hydrogen-bond acceptors (Lipinski definition) is 3. The second-order valence-corrected chi connectivity index (χ2v) is 6.81. The number of aliphatic carboxylic acids is 1. The van der Waals surface area contributed by atoms with E-state index in [0.717, 1.165) is 12.0 Å². The third-order valence-corrected chi connectivity index (χ3v) is 3.87. The summed E-state index contributed by atoms with van der Waals surface area (Å²) in [6.07, 6.45) is 1.18. The number of thiophene rings is 1. The topological polar surface area (TPSA) is 66.4 Å². The van der Waals surface area contributed by atoms with Gasteiger partial charge >= 0.3 is 5.97 Å². The first-order valence-corrected chi connectivity index (χ1v) is 7.16. The van der Waals surface area contributed by atoms with Crippen LogP contribution in [0.3, 0.4) is 0 Å². The third-order valence-electron chi connectivity index (χ3n) is 2.85. The van der Waals surface area contributed by atoms with Crippen molar-refractivity contribution < 1.29 is 14.7 Å². The van der Waals surface area contributed by atoms with Crippen molar-refractivity contribution in [2.75, 3.05) is 0 Å². The lowest BCUT2D eigenvalue weighted by Crippen LogP contribution is -2.41. The highest BCUT2D eigenvalue weighted by Crippen LogP contribution is 2.22. The molecule has 1 aromatic rings. The molecule has 0 fully saturated rings. The van der Waals surface area contributed by atoms with Gasteiger partial charge in [0.1, 0.15) is 6.04 Å². The molecule has 0 aromatic carbocycles. The van der Waals surface area contributed by atoms with Crippen LogP contribution in [0.25, 0.3) is 0 Å². The van der Waals surface area contributed by atoms with E-state index in [2.05, 4.69) is 26.1 Å². The van der Waals surface area contributed by atoms with Crippen LogP contribution in [-0.4, -0.2) is 23.0 Å². The van der Waals surface area contributed by atoms with Gasteiger partial charge in [-0.05, 0) is 42.2 Å². The Bertz CT molecular complexity index is 460. The van der Waals surface area contributed by atoms with Gasteiger partial charge < -0.3 is 10.4 Å². The third kappa shape index (κ3) is 5.03. The maximum atomic E-state index is 12.0. The zero-order valence-corrected chi connectivity index (χ0v) is 12.6. The Hall–Kier alpha value is -1.36. The largest absolute Gasteiger partial charge is 0.480 e. The van der Waals surface area contributed by atoms with Gasteiger partial charge in [-0.15, -0.1) is 11.3 Å². The van der Waals surface area contributed by atoms with E-state index < -0.39 is 12.0 Å². The minimum atomic E-state index is -0.980. The van der Waals surface area contributed by atoms with Crippen LogP contribution in [0.5, 0.6) is 0 Å². The fourth-order valence-corrected chi connectivity index (χ4v) is 2.49. The number of carbonyl (C=O) groups is 2. The molecule has 1 rings (SSSR count). The molecule has 0 aliphatic heterocycles. The Balaban J connectivity index is 2.67. The first-order chi connectivity index (χ1) is 8.70. The summed E-state index contributed by atoms with van der Waals surface area (Å²) in [6.45, 7) is 8.00. The fourth-order valence-electron chi connectivity index (χ4n) is 1.66. The van der Waals surface area contributed by atoms with Crippen LogP contribution in [0.2, 0.25) is 0 Å². The quantitative estimate of drug-likeness (QED) is 0.872. The lowest BCUT2D eigenvalue weighted by molar-refractivity contribution is -0.139. The van der Waals surface area contributed by atoms with Crippen LogP contribution in [0.1, 0.15) is 48.8 Å². The number of aryl methyl sites for hydroxylation is 1. The van der Waals surface area contributed by atoms with Gasteiger partial charge in [-0.3, -0.25) is 4.79 Å².